The monoisotopic (exact) mass is 165 g/mol. The molecule has 0 aromatic heterocycles. The van der Waals surface area contributed by atoms with E-state index in [9.17, 15) is 4.79 Å². The fourth-order valence-electron chi connectivity index (χ4n) is 1.18. The van der Waals surface area contributed by atoms with Crippen molar-refractivity contribution < 1.29 is 4.79 Å². The van der Waals surface area contributed by atoms with Gasteiger partial charge in [0.1, 0.15) is 5.78 Å². The zero-order valence-electron chi connectivity index (χ0n) is 7.25. The Labute approximate surface area is 73.4 Å². The molecule has 0 aromatic rings. The molecular formula is C10H15NO. The van der Waals surface area contributed by atoms with Gasteiger partial charge in [0.15, 0.2) is 0 Å². The molecule has 1 fully saturated rings. The Bertz CT molecular complexity index is 174. The number of ketones is 1. The van der Waals surface area contributed by atoms with E-state index < -0.39 is 0 Å². The summed E-state index contributed by atoms with van der Waals surface area (Å²) in [5.41, 5.74) is 0. The fraction of sp³-hybridized carbons (Fsp3) is 0.500. The van der Waals surface area contributed by atoms with Crippen molar-refractivity contribution in [1.29, 1.82) is 0 Å². The van der Waals surface area contributed by atoms with Gasteiger partial charge in [-0.2, -0.15) is 0 Å². The van der Waals surface area contributed by atoms with Gasteiger partial charge >= 0.3 is 0 Å². The molecule has 0 saturated heterocycles. The van der Waals surface area contributed by atoms with Crippen molar-refractivity contribution in [1.82, 2.24) is 5.32 Å². The summed E-state index contributed by atoms with van der Waals surface area (Å²) in [7, 11) is 0. The van der Waals surface area contributed by atoms with Crippen LogP contribution < -0.4 is 5.32 Å². The zero-order valence-corrected chi connectivity index (χ0v) is 7.25. The highest BCUT2D eigenvalue weighted by Gasteiger charge is 2.07. The van der Waals surface area contributed by atoms with Crippen LogP contribution in [0.2, 0.25) is 0 Å². The van der Waals surface area contributed by atoms with Gasteiger partial charge in [0, 0.05) is 19.4 Å². The Morgan fingerprint density at radius 1 is 1.17 bits per heavy atom. The molecular weight excluding hydrogens is 150 g/mol. The number of hydrogen-bond donors (Lipinski definition) is 1. The molecule has 0 spiro atoms. The molecule has 2 heteroatoms. The Hall–Kier alpha value is -1.05. The van der Waals surface area contributed by atoms with E-state index in [1.807, 2.05) is 18.4 Å². The topological polar surface area (TPSA) is 29.1 Å². The summed E-state index contributed by atoms with van der Waals surface area (Å²) >= 11 is 0. The van der Waals surface area contributed by atoms with Gasteiger partial charge in [-0.25, -0.2) is 0 Å². The molecule has 2 nitrogen and oxygen atoms in total. The van der Waals surface area contributed by atoms with Crippen LogP contribution in [-0.4, -0.2) is 12.3 Å². The summed E-state index contributed by atoms with van der Waals surface area (Å²) in [4.78, 5) is 10.2. The van der Waals surface area contributed by atoms with Crippen LogP contribution in [0.3, 0.4) is 0 Å². The number of Topliss-reactive ketones (excluding diaryl/α,β-unsaturated/α-hetero) is 1. The van der Waals surface area contributed by atoms with Crippen molar-refractivity contribution in [2.75, 3.05) is 6.54 Å². The summed E-state index contributed by atoms with van der Waals surface area (Å²) in [5, 5.41) is 3.02. The number of allylic oxidation sites excluding steroid dienone is 2. The van der Waals surface area contributed by atoms with E-state index in [-0.39, 0.29) is 0 Å². The van der Waals surface area contributed by atoms with Crippen molar-refractivity contribution in [3.05, 3.63) is 24.4 Å². The lowest BCUT2D eigenvalue weighted by molar-refractivity contribution is -0.117. The molecule has 0 aromatic carbocycles. The van der Waals surface area contributed by atoms with Gasteiger partial charge in [-0.1, -0.05) is 12.2 Å². The summed E-state index contributed by atoms with van der Waals surface area (Å²) < 4.78 is 0. The molecule has 0 unspecified atom stereocenters. The van der Waals surface area contributed by atoms with E-state index in [0.29, 0.717) is 5.78 Å². The molecule has 2 aliphatic rings. The van der Waals surface area contributed by atoms with Gasteiger partial charge in [0.2, 0.25) is 0 Å². The van der Waals surface area contributed by atoms with Gasteiger partial charge in [-0.3, -0.25) is 4.79 Å². The molecule has 0 amide bonds. The van der Waals surface area contributed by atoms with Gasteiger partial charge in [-0.05, 0) is 25.1 Å². The number of rotatable bonds is 0. The smallest absolute Gasteiger partial charge is 0.132 e. The first-order valence-electron chi connectivity index (χ1n) is 4.46. The van der Waals surface area contributed by atoms with Crippen LogP contribution in [0.1, 0.15) is 25.7 Å². The van der Waals surface area contributed by atoms with Crippen molar-refractivity contribution in [2.24, 2.45) is 0 Å². The fourth-order valence-corrected chi connectivity index (χ4v) is 1.18. The van der Waals surface area contributed by atoms with Crippen LogP contribution in [0.4, 0.5) is 0 Å². The predicted molar refractivity (Wildman–Crippen MR) is 49.8 cm³/mol. The Kier molecular flexibility index (Phi) is 4.21. The van der Waals surface area contributed by atoms with E-state index in [1.54, 1.807) is 0 Å². The molecule has 66 valence electrons. The van der Waals surface area contributed by atoms with E-state index in [2.05, 4.69) is 11.4 Å². The van der Waals surface area contributed by atoms with Crippen molar-refractivity contribution in [3.8, 4) is 0 Å². The highest BCUT2D eigenvalue weighted by Crippen LogP contribution is 2.11. The normalized spacial score (nSPS) is 19.8. The standard InChI is InChI=1S/C5H7N.C5H8O/c1-2-4-6-5-3-1;6-5-3-1-2-4-5/h1-4,6H,5H2;1-4H2. The van der Waals surface area contributed by atoms with E-state index in [4.69, 9.17) is 0 Å². The highest BCUT2D eigenvalue weighted by atomic mass is 16.1. The second-order valence-electron chi connectivity index (χ2n) is 2.94. The van der Waals surface area contributed by atoms with Crippen molar-refractivity contribution in [2.45, 2.75) is 25.7 Å². The summed E-state index contributed by atoms with van der Waals surface area (Å²) in [6, 6.07) is 0. The maximum absolute atomic E-state index is 10.2. The van der Waals surface area contributed by atoms with Crippen molar-refractivity contribution in [3.63, 3.8) is 0 Å². The first kappa shape index (κ1) is 9.04. The summed E-state index contributed by atoms with van der Waals surface area (Å²) in [5.74, 6) is 0.454. The third-order valence-electron chi connectivity index (χ3n) is 1.86. The van der Waals surface area contributed by atoms with Crippen LogP contribution >= 0.6 is 0 Å². The highest BCUT2D eigenvalue weighted by molar-refractivity contribution is 5.79. The molecule has 2 rings (SSSR count). The molecule has 0 atom stereocenters. The molecule has 1 N–H and O–H groups in total. The zero-order chi connectivity index (χ0) is 8.65. The quantitative estimate of drug-likeness (QED) is 0.593. The Balaban J connectivity index is 0.000000120. The average Bonchev–Trinajstić information content (AvgIpc) is 2.60. The maximum atomic E-state index is 10.2. The van der Waals surface area contributed by atoms with Crippen LogP contribution in [-0.2, 0) is 4.79 Å². The van der Waals surface area contributed by atoms with Gasteiger partial charge < -0.3 is 5.32 Å². The third kappa shape index (κ3) is 3.96. The molecule has 12 heavy (non-hydrogen) atoms. The van der Waals surface area contributed by atoms with Crippen LogP contribution in [0.5, 0.6) is 0 Å². The Morgan fingerprint density at radius 3 is 2.08 bits per heavy atom. The lowest BCUT2D eigenvalue weighted by atomic mass is 10.4. The van der Waals surface area contributed by atoms with E-state index >= 15 is 0 Å². The third-order valence-corrected chi connectivity index (χ3v) is 1.86. The average molecular weight is 165 g/mol. The second-order valence-corrected chi connectivity index (χ2v) is 2.94. The minimum absolute atomic E-state index is 0.454. The molecule has 1 aliphatic carbocycles. The van der Waals surface area contributed by atoms with Gasteiger partial charge in [-0.15, -0.1) is 0 Å². The summed E-state index contributed by atoms with van der Waals surface area (Å²) in [6.07, 6.45) is 12.0. The summed E-state index contributed by atoms with van der Waals surface area (Å²) in [6.45, 7) is 0.983. The number of nitrogens with one attached hydrogen (secondary N) is 1. The molecule has 1 saturated carbocycles. The van der Waals surface area contributed by atoms with Crippen LogP contribution in [0.15, 0.2) is 24.4 Å². The maximum Gasteiger partial charge on any atom is 0.132 e. The van der Waals surface area contributed by atoms with Crippen molar-refractivity contribution >= 4 is 5.78 Å². The second kappa shape index (κ2) is 5.58. The lowest BCUT2D eigenvalue weighted by Crippen LogP contribution is -2.05. The SMILES string of the molecule is C1=CCNC=C1.O=C1CCCC1. The number of carbonyl (C=O) groups excluding carboxylic acids is 1. The molecule has 1 aliphatic heterocycles. The lowest BCUT2D eigenvalue weighted by Gasteiger charge is -1.94. The van der Waals surface area contributed by atoms with Crippen LogP contribution in [0, 0.1) is 0 Å². The van der Waals surface area contributed by atoms with Gasteiger partial charge in [0.05, 0.1) is 0 Å². The van der Waals surface area contributed by atoms with Crippen LogP contribution in [0.25, 0.3) is 0 Å². The number of dihydropyridines is 1. The molecule has 1 heterocycles. The van der Waals surface area contributed by atoms with E-state index in [0.717, 1.165) is 32.2 Å². The first-order valence-corrected chi connectivity index (χ1v) is 4.46. The predicted octanol–water partition coefficient (Wildman–Crippen LogP) is 1.79. The molecule has 0 bridgehead atoms. The largest absolute Gasteiger partial charge is 0.387 e. The van der Waals surface area contributed by atoms with E-state index in [1.165, 1.54) is 0 Å². The molecule has 0 radical (unpaired) electrons. The minimum atomic E-state index is 0.454. The minimum Gasteiger partial charge on any atom is -0.387 e. The van der Waals surface area contributed by atoms with Gasteiger partial charge in [0.25, 0.3) is 0 Å². The number of carbonyl (C=O) groups is 1. The first-order chi connectivity index (χ1) is 5.89. The number of hydrogen-bond acceptors (Lipinski definition) is 2. The Morgan fingerprint density at radius 2 is 1.92 bits per heavy atom.